The van der Waals surface area contributed by atoms with E-state index in [2.05, 4.69) is 46.6 Å². The molecule has 24 heavy (non-hydrogen) atoms. The summed E-state index contributed by atoms with van der Waals surface area (Å²) < 4.78 is 12.6. The smallest absolute Gasteiger partial charge is 0.168 e. The van der Waals surface area contributed by atoms with Crippen LogP contribution in [0.15, 0.2) is 0 Å². The predicted molar refractivity (Wildman–Crippen MR) is 101 cm³/mol. The van der Waals surface area contributed by atoms with Gasteiger partial charge in [0.15, 0.2) is 5.79 Å². The topological polar surface area (TPSA) is 21.7 Å². The Balaban J connectivity index is 1.77. The van der Waals surface area contributed by atoms with Crippen LogP contribution >= 0.6 is 0 Å². The van der Waals surface area contributed by atoms with Crippen molar-refractivity contribution in [1.29, 1.82) is 0 Å². The molecule has 2 aliphatic rings. The molecule has 1 aliphatic carbocycles. The second-order valence-corrected chi connectivity index (χ2v) is 9.00. The minimum Gasteiger partial charge on any atom is -0.347 e. The predicted octanol–water partition coefficient (Wildman–Crippen LogP) is 5.24. The number of hydrogen-bond donors (Lipinski definition) is 0. The zero-order valence-corrected chi connectivity index (χ0v) is 17.1. The van der Waals surface area contributed by atoms with Crippen molar-refractivity contribution in [1.82, 2.24) is 4.90 Å². The fraction of sp³-hybridized carbons (Fsp3) is 1.00. The molecule has 0 bridgehead atoms. The first-order chi connectivity index (χ1) is 11.3. The fourth-order valence-corrected chi connectivity index (χ4v) is 4.59. The summed E-state index contributed by atoms with van der Waals surface area (Å²) in [6.07, 6.45) is 9.88. The van der Waals surface area contributed by atoms with Crippen LogP contribution in [0.25, 0.3) is 0 Å². The van der Waals surface area contributed by atoms with Crippen LogP contribution in [0.1, 0.15) is 86.0 Å². The summed E-state index contributed by atoms with van der Waals surface area (Å²) in [5, 5.41) is 0. The lowest BCUT2D eigenvalue weighted by molar-refractivity contribution is -0.197. The van der Waals surface area contributed by atoms with Gasteiger partial charge >= 0.3 is 0 Å². The van der Waals surface area contributed by atoms with Gasteiger partial charge in [-0.3, -0.25) is 0 Å². The molecular formula is C21H41NO2. The van der Waals surface area contributed by atoms with E-state index < -0.39 is 0 Å². The number of nitrogens with zero attached hydrogens (tertiary/aromatic N) is 1. The summed E-state index contributed by atoms with van der Waals surface area (Å²) in [5.74, 6) is 0.573. The Kier molecular flexibility index (Phi) is 7.16. The van der Waals surface area contributed by atoms with E-state index in [4.69, 9.17) is 9.47 Å². The first-order valence-electron chi connectivity index (χ1n) is 10.3. The van der Waals surface area contributed by atoms with E-state index in [1.165, 1.54) is 32.1 Å². The van der Waals surface area contributed by atoms with Crippen molar-refractivity contribution in [3.8, 4) is 0 Å². The zero-order chi connectivity index (χ0) is 17.8. The van der Waals surface area contributed by atoms with Gasteiger partial charge in [0, 0.05) is 25.4 Å². The molecule has 1 spiro atoms. The van der Waals surface area contributed by atoms with E-state index in [1.54, 1.807) is 0 Å². The maximum atomic E-state index is 6.43. The van der Waals surface area contributed by atoms with E-state index >= 15 is 0 Å². The molecule has 0 aromatic carbocycles. The van der Waals surface area contributed by atoms with Crippen molar-refractivity contribution in [2.24, 2.45) is 11.3 Å². The van der Waals surface area contributed by atoms with Crippen LogP contribution in [0, 0.1) is 11.3 Å². The molecule has 2 atom stereocenters. The SMILES string of the molecule is CCCC(C)(C)C1CCC2(CC1)OCC(CCN(C)C(C)CC)O2. The third-order valence-electron chi connectivity index (χ3n) is 6.81. The van der Waals surface area contributed by atoms with Crippen LogP contribution in [0.2, 0.25) is 0 Å². The Hall–Kier alpha value is -0.120. The minimum absolute atomic E-state index is 0.252. The zero-order valence-electron chi connectivity index (χ0n) is 17.1. The lowest BCUT2D eigenvalue weighted by atomic mass is 9.68. The molecule has 1 saturated carbocycles. The van der Waals surface area contributed by atoms with E-state index in [-0.39, 0.29) is 11.9 Å². The molecule has 1 aliphatic heterocycles. The Morgan fingerprint density at radius 3 is 2.46 bits per heavy atom. The number of rotatable bonds is 8. The van der Waals surface area contributed by atoms with Gasteiger partial charge < -0.3 is 14.4 Å². The van der Waals surface area contributed by atoms with E-state index in [9.17, 15) is 0 Å². The van der Waals surface area contributed by atoms with Gasteiger partial charge in [-0.25, -0.2) is 0 Å². The lowest BCUT2D eigenvalue weighted by Gasteiger charge is -2.42. The number of ether oxygens (including phenoxy) is 2. The highest BCUT2D eigenvalue weighted by molar-refractivity contribution is 4.90. The Labute approximate surface area is 150 Å². The van der Waals surface area contributed by atoms with Gasteiger partial charge in [0.25, 0.3) is 0 Å². The summed E-state index contributed by atoms with van der Waals surface area (Å²) in [6, 6.07) is 0.650. The fourth-order valence-electron chi connectivity index (χ4n) is 4.59. The molecular weight excluding hydrogens is 298 g/mol. The highest BCUT2D eigenvalue weighted by Crippen LogP contribution is 2.47. The molecule has 2 fully saturated rings. The molecule has 0 N–H and O–H groups in total. The molecule has 0 amide bonds. The van der Waals surface area contributed by atoms with Crippen molar-refractivity contribution in [2.75, 3.05) is 20.2 Å². The summed E-state index contributed by atoms with van der Waals surface area (Å²) in [6.45, 7) is 13.6. The molecule has 2 unspecified atom stereocenters. The quantitative estimate of drug-likeness (QED) is 0.604. The van der Waals surface area contributed by atoms with Crippen LogP contribution in [0.4, 0.5) is 0 Å². The average Bonchev–Trinajstić information content (AvgIpc) is 2.95. The maximum absolute atomic E-state index is 6.43. The lowest BCUT2D eigenvalue weighted by Crippen LogP contribution is -2.39. The van der Waals surface area contributed by atoms with Gasteiger partial charge in [0.05, 0.1) is 12.7 Å². The Morgan fingerprint density at radius 1 is 1.21 bits per heavy atom. The normalized spacial score (nSPS) is 32.6. The monoisotopic (exact) mass is 339 g/mol. The summed E-state index contributed by atoms with van der Waals surface area (Å²) in [4.78, 5) is 2.44. The van der Waals surface area contributed by atoms with Crippen LogP contribution in [0.5, 0.6) is 0 Å². The van der Waals surface area contributed by atoms with E-state index in [0.717, 1.165) is 38.3 Å². The van der Waals surface area contributed by atoms with Gasteiger partial charge in [-0.1, -0.05) is 34.1 Å². The van der Waals surface area contributed by atoms with Crippen LogP contribution in [-0.2, 0) is 9.47 Å². The van der Waals surface area contributed by atoms with Gasteiger partial charge in [0.1, 0.15) is 0 Å². The summed E-state index contributed by atoms with van der Waals surface area (Å²) in [5.41, 5.74) is 0.466. The molecule has 2 rings (SSSR count). The highest BCUT2D eigenvalue weighted by atomic mass is 16.7. The number of hydrogen-bond acceptors (Lipinski definition) is 3. The second-order valence-electron chi connectivity index (χ2n) is 9.00. The van der Waals surface area contributed by atoms with Crippen molar-refractivity contribution < 1.29 is 9.47 Å². The molecule has 3 nitrogen and oxygen atoms in total. The van der Waals surface area contributed by atoms with Gasteiger partial charge in [-0.2, -0.15) is 0 Å². The first-order valence-corrected chi connectivity index (χ1v) is 10.3. The highest BCUT2D eigenvalue weighted by Gasteiger charge is 2.46. The Morgan fingerprint density at radius 2 is 1.88 bits per heavy atom. The minimum atomic E-state index is -0.252. The standard InChI is InChI=1S/C21H41NO2/c1-7-12-20(4,5)18-9-13-21(14-10-18)23-16-19(24-21)11-15-22(6)17(3)8-2/h17-19H,7-16H2,1-6H3. The summed E-state index contributed by atoms with van der Waals surface area (Å²) in [7, 11) is 2.22. The van der Waals surface area contributed by atoms with Gasteiger partial charge in [-0.05, 0) is 57.4 Å². The third kappa shape index (κ3) is 4.95. The van der Waals surface area contributed by atoms with E-state index in [1.807, 2.05) is 0 Å². The second kappa shape index (κ2) is 8.51. The van der Waals surface area contributed by atoms with Gasteiger partial charge in [-0.15, -0.1) is 0 Å². The van der Waals surface area contributed by atoms with Crippen molar-refractivity contribution in [3.63, 3.8) is 0 Å². The molecule has 1 heterocycles. The van der Waals surface area contributed by atoms with Crippen LogP contribution < -0.4 is 0 Å². The molecule has 1 saturated heterocycles. The summed E-state index contributed by atoms with van der Waals surface area (Å²) >= 11 is 0. The third-order valence-corrected chi connectivity index (χ3v) is 6.81. The van der Waals surface area contributed by atoms with Crippen molar-refractivity contribution in [3.05, 3.63) is 0 Å². The maximum Gasteiger partial charge on any atom is 0.168 e. The van der Waals surface area contributed by atoms with E-state index in [0.29, 0.717) is 11.5 Å². The average molecular weight is 340 g/mol. The molecule has 142 valence electrons. The van der Waals surface area contributed by atoms with Crippen molar-refractivity contribution in [2.45, 2.75) is 104 Å². The molecule has 0 radical (unpaired) electrons. The molecule has 3 heteroatoms. The Bertz CT molecular complexity index is 374. The molecule has 0 aromatic heterocycles. The van der Waals surface area contributed by atoms with Gasteiger partial charge in [0.2, 0.25) is 0 Å². The van der Waals surface area contributed by atoms with Crippen LogP contribution in [-0.4, -0.2) is 43.0 Å². The largest absolute Gasteiger partial charge is 0.347 e. The van der Waals surface area contributed by atoms with Crippen molar-refractivity contribution >= 4 is 0 Å². The van der Waals surface area contributed by atoms with Crippen LogP contribution in [0.3, 0.4) is 0 Å². The first kappa shape index (κ1) is 20.2. The molecule has 0 aromatic rings.